The third kappa shape index (κ3) is 5.59. The Morgan fingerprint density at radius 1 is 1.29 bits per heavy atom. The van der Waals surface area contributed by atoms with E-state index >= 15 is 0 Å². The number of hydrogen-bond acceptors (Lipinski definition) is 4. The second-order valence-electron chi connectivity index (χ2n) is 6.81. The minimum Gasteiger partial charge on any atom is -0.465 e. The zero-order valence-electron chi connectivity index (χ0n) is 14.6. The molecule has 0 bridgehead atoms. The largest absolute Gasteiger partial charge is 0.465 e. The number of esters is 1. The Morgan fingerprint density at radius 2 is 1.90 bits per heavy atom. The molecular weight excluding hydrogens is 264 g/mol. The van der Waals surface area contributed by atoms with Crippen LogP contribution in [0.25, 0.3) is 0 Å². The van der Waals surface area contributed by atoms with E-state index < -0.39 is 5.54 Å². The smallest absolute Gasteiger partial charge is 0.327 e. The standard InChI is InChI=1S/C17H34N2O2/c1-6-12-18-17(4,16(20)21-7-2)13-19(5)15-10-8-14(3)9-11-15/h14-15,18H,6-13H2,1-5H3. The molecule has 0 spiro atoms. The number of hydrogen-bond donors (Lipinski definition) is 1. The van der Waals surface area contributed by atoms with Crippen molar-refractivity contribution >= 4 is 5.97 Å². The van der Waals surface area contributed by atoms with Crippen LogP contribution in [0.15, 0.2) is 0 Å². The number of ether oxygens (including phenoxy) is 1. The molecule has 0 aliphatic heterocycles. The molecule has 1 fully saturated rings. The van der Waals surface area contributed by atoms with Crippen LogP contribution in [0.2, 0.25) is 0 Å². The second kappa shape index (κ2) is 8.74. The van der Waals surface area contributed by atoms with Crippen LogP contribution in [0.3, 0.4) is 0 Å². The van der Waals surface area contributed by atoms with Gasteiger partial charge in [-0.25, -0.2) is 0 Å². The lowest BCUT2D eigenvalue weighted by Crippen LogP contribution is -2.58. The summed E-state index contributed by atoms with van der Waals surface area (Å²) in [5.41, 5.74) is -0.607. The first-order valence-electron chi connectivity index (χ1n) is 8.55. The fourth-order valence-corrected chi connectivity index (χ4v) is 3.20. The molecule has 1 saturated carbocycles. The predicted octanol–water partition coefficient (Wildman–Crippen LogP) is 2.82. The minimum atomic E-state index is -0.607. The van der Waals surface area contributed by atoms with Crippen molar-refractivity contribution in [1.82, 2.24) is 10.2 Å². The first-order valence-corrected chi connectivity index (χ1v) is 8.55. The van der Waals surface area contributed by atoms with Gasteiger partial charge in [-0.15, -0.1) is 0 Å². The Labute approximate surface area is 130 Å². The predicted molar refractivity (Wildman–Crippen MR) is 87.4 cm³/mol. The molecule has 21 heavy (non-hydrogen) atoms. The summed E-state index contributed by atoms with van der Waals surface area (Å²) >= 11 is 0. The first-order chi connectivity index (χ1) is 9.92. The molecule has 1 unspecified atom stereocenters. The number of carbonyl (C=O) groups is 1. The van der Waals surface area contributed by atoms with E-state index in [-0.39, 0.29) is 5.97 Å². The Balaban J connectivity index is 2.64. The first kappa shape index (κ1) is 18.4. The lowest BCUT2D eigenvalue weighted by molar-refractivity contribution is -0.151. The van der Waals surface area contributed by atoms with Gasteiger partial charge in [0.05, 0.1) is 6.61 Å². The van der Waals surface area contributed by atoms with E-state index in [1.165, 1.54) is 25.7 Å². The van der Waals surface area contributed by atoms with Crippen molar-refractivity contribution in [3.63, 3.8) is 0 Å². The fraction of sp³-hybridized carbons (Fsp3) is 0.941. The molecule has 0 aromatic carbocycles. The zero-order valence-corrected chi connectivity index (χ0v) is 14.6. The van der Waals surface area contributed by atoms with Gasteiger partial charge in [0, 0.05) is 12.6 Å². The van der Waals surface area contributed by atoms with Crippen LogP contribution in [0, 0.1) is 5.92 Å². The summed E-state index contributed by atoms with van der Waals surface area (Å²) in [5.74, 6) is 0.721. The molecule has 0 aromatic heterocycles. The SMILES string of the molecule is CCCNC(C)(CN(C)C1CCC(C)CC1)C(=O)OCC. The lowest BCUT2D eigenvalue weighted by atomic mass is 9.86. The molecule has 124 valence electrons. The number of rotatable bonds is 8. The topological polar surface area (TPSA) is 41.6 Å². The van der Waals surface area contributed by atoms with Gasteiger partial charge in [-0.05, 0) is 65.5 Å². The maximum atomic E-state index is 12.3. The van der Waals surface area contributed by atoms with Gasteiger partial charge in [0.25, 0.3) is 0 Å². The van der Waals surface area contributed by atoms with Gasteiger partial charge in [-0.1, -0.05) is 13.8 Å². The van der Waals surface area contributed by atoms with Crippen LogP contribution in [0.4, 0.5) is 0 Å². The maximum absolute atomic E-state index is 12.3. The highest BCUT2D eigenvalue weighted by Gasteiger charge is 2.37. The molecular formula is C17H34N2O2. The lowest BCUT2D eigenvalue weighted by Gasteiger charge is -2.39. The number of carbonyl (C=O) groups excluding carboxylic acids is 1. The summed E-state index contributed by atoms with van der Waals surface area (Å²) in [6.07, 6.45) is 6.09. The van der Waals surface area contributed by atoms with Crippen molar-refractivity contribution < 1.29 is 9.53 Å². The van der Waals surface area contributed by atoms with Gasteiger partial charge in [0.2, 0.25) is 0 Å². The summed E-state index contributed by atoms with van der Waals surface area (Å²) in [5, 5.41) is 3.39. The summed E-state index contributed by atoms with van der Waals surface area (Å²) in [6.45, 7) is 10.3. The molecule has 0 saturated heterocycles. The second-order valence-corrected chi connectivity index (χ2v) is 6.81. The van der Waals surface area contributed by atoms with Crippen LogP contribution in [0.1, 0.15) is 59.8 Å². The molecule has 1 rings (SSSR count). The molecule has 1 N–H and O–H groups in total. The Kier molecular flexibility index (Phi) is 7.67. The summed E-state index contributed by atoms with van der Waals surface area (Å²) in [7, 11) is 2.14. The van der Waals surface area contributed by atoms with E-state index in [2.05, 4.69) is 31.1 Å². The Bertz CT molecular complexity index is 314. The van der Waals surface area contributed by atoms with Crippen LogP contribution < -0.4 is 5.32 Å². The van der Waals surface area contributed by atoms with E-state index in [1.54, 1.807) is 0 Å². The summed E-state index contributed by atoms with van der Waals surface area (Å²) in [4.78, 5) is 14.7. The van der Waals surface area contributed by atoms with Gasteiger partial charge in [-0.2, -0.15) is 0 Å². The highest BCUT2D eigenvalue weighted by Crippen LogP contribution is 2.27. The van der Waals surface area contributed by atoms with Gasteiger partial charge in [-0.3, -0.25) is 4.79 Å². The zero-order chi connectivity index (χ0) is 15.9. The molecule has 0 radical (unpaired) electrons. The van der Waals surface area contributed by atoms with Crippen molar-refractivity contribution in [1.29, 1.82) is 0 Å². The van der Waals surface area contributed by atoms with Crippen molar-refractivity contribution in [2.24, 2.45) is 5.92 Å². The van der Waals surface area contributed by atoms with Crippen LogP contribution >= 0.6 is 0 Å². The van der Waals surface area contributed by atoms with Crippen LogP contribution in [0.5, 0.6) is 0 Å². The average Bonchev–Trinajstić information content (AvgIpc) is 2.46. The molecule has 1 aliphatic carbocycles. The minimum absolute atomic E-state index is 0.130. The van der Waals surface area contributed by atoms with E-state index in [4.69, 9.17) is 4.74 Å². The molecule has 4 nitrogen and oxygen atoms in total. The third-order valence-electron chi connectivity index (χ3n) is 4.67. The van der Waals surface area contributed by atoms with Crippen LogP contribution in [-0.2, 0) is 9.53 Å². The van der Waals surface area contributed by atoms with E-state index in [0.29, 0.717) is 19.2 Å². The average molecular weight is 298 g/mol. The number of nitrogens with one attached hydrogen (secondary N) is 1. The maximum Gasteiger partial charge on any atom is 0.327 e. The monoisotopic (exact) mass is 298 g/mol. The van der Waals surface area contributed by atoms with Gasteiger partial charge in [0.1, 0.15) is 5.54 Å². The molecule has 0 aromatic rings. The summed E-state index contributed by atoms with van der Waals surface area (Å²) < 4.78 is 5.28. The van der Waals surface area contributed by atoms with Crippen molar-refractivity contribution in [3.05, 3.63) is 0 Å². The van der Waals surface area contributed by atoms with Crippen LogP contribution in [-0.4, -0.2) is 49.2 Å². The molecule has 1 atom stereocenters. The van der Waals surface area contributed by atoms with Gasteiger partial charge >= 0.3 is 5.97 Å². The van der Waals surface area contributed by atoms with E-state index in [1.807, 2.05) is 13.8 Å². The molecule has 4 heteroatoms. The number of nitrogens with zero attached hydrogens (tertiary/aromatic N) is 1. The quantitative estimate of drug-likeness (QED) is 0.700. The Hall–Kier alpha value is -0.610. The third-order valence-corrected chi connectivity index (χ3v) is 4.67. The van der Waals surface area contributed by atoms with E-state index in [9.17, 15) is 4.79 Å². The van der Waals surface area contributed by atoms with Crippen molar-refractivity contribution in [3.8, 4) is 0 Å². The van der Waals surface area contributed by atoms with Crippen molar-refractivity contribution in [2.75, 3.05) is 26.7 Å². The molecule has 0 amide bonds. The Morgan fingerprint density at radius 3 is 2.43 bits per heavy atom. The van der Waals surface area contributed by atoms with Gasteiger partial charge < -0.3 is 15.0 Å². The van der Waals surface area contributed by atoms with Gasteiger partial charge in [0.15, 0.2) is 0 Å². The normalized spacial score (nSPS) is 25.6. The van der Waals surface area contributed by atoms with E-state index in [0.717, 1.165) is 18.9 Å². The summed E-state index contributed by atoms with van der Waals surface area (Å²) in [6, 6.07) is 0.596. The van der Waals surface area contributed by atoms with Crippen molar-refractivity contribution in [2.45, 2.75) is 71.4 Å². The fourth-order valence-electron chi connectivity index (χ4n) is 3.20. The number of likely N-dealkylation sites (N-methyl/N-ethyl adjacent to an activating group) is 1. The molecule has 0 heterocycles. The highest BCUT2D eigenvalue weighted by molar-refractivity contribution is 5.80. The highest BCUT2D eigenvalue weighted by atomic mass is 16.5. The molecule has 1 aliphatic rings.